The van der Waals surface area contributed by atoms with Gasteiger partial charge in [0.05, 0.1) is 13.1 Å². The van der Waals surface area contributed by atoms with E-state index in [0.29, 0.717) is 11.3 Å². The van der Waals surface area contributed by atoms with E-state index in [2.05, 4.69) is 24.3 Å². The van der Waals surface area contributed by atoms with Gasteiger partial charge in [-0.1, -0.05) is 48.5 Å². The number of fused-ring (bicyclic) bond motifs is 4. The number of ether oxygens (including phenoxy) is 1. The van der Waals surface area contributed by atoms with Gasteiger partial charge in [0, 0.05) is 11.5 Å². The van der Waals surface area contributed by atoms with Gasteiger partial charge < -0.3 is 14.3 Å². The zero-order valence-electron chi connectivity index (χ0n) is 14.9. The fourth-order valence-electron chi connectivity index (χ4n) is 4.14. The van der Waals surface area contributed by atoms with Gasteiger partial charge in [-0.25, -0.2) is 9.59 Å². The molecule has 0 fully saturated rings. The molecule has 2 aliphatic rings. The summed E-state index contributed by atoms with van der Waals surface area (Å²) in [7, 11) is 0. The zero-order valence-corrected chi connectivity index (χ0v) is 14.9. The second kappa shape index (κ2) is 6.27. The smallest absolute Gasteiger partial charge is 0.410 e. The summed E-state index contributed by atoms with van der Waals surface area (Å²) < 4.78 is 10.9. The van der Waals surface area contributed by atoms with Gasteiger partial charge in [0.15, 0.2) is 0 Å². The number of rotatable bonds is 3. The van der Waals surface area contributed by atoms with Crippen LogP contribution < -0.4 is 0 Å². The van der Waals surface area contributed by atoms with E-state index in [1.165, 1.54) is 22.3 Å². The quantitative estimate of drug-likeness (QED) is 0.741. The SMILES string of the molecule is O=C(O)c1coc2c1CN(C(=O)OCC1c3ccccc3-c3ccccc31)C2. The third-order valence-electron chi connectivity index (χ3n) is 5.49. The Balaban J connectivity index is 1.32. The molecule has 6 heteroatoms. The number of aromatic carboxylic acids is 1. The molecule has 6 nitrogen and oxygen atoms in total. The van der Waals surface area contributed by atoms with Gasteiger partial charge in [-0.05, 0) is 22.3 Å². The molecule has 1 aromatic heterocycles. The minimum atomic E-state index is -1.06. The van der Waals surface area contributed by atoms with Gasteiger partial charge in [-0.3, -0.25) is 4.90 Å². The Hall–Kier alpha value is -3.54. The largest absolute Gasteiger partial charge is 0.478 e. The molecule has 0 saturated heterocycles. The van der Waals surface area contributed by atoms with Crippen LogP contribution in [-0.4, -0.2) is 28.7 Å². The maximum atomic E-state index is 12.6. The highest BCUT2D eigenvalue weighted by molar-refractivity contribution is 5.89. The number of furan rings is 1. The molecule has 2 heterocycles. The number of carboxylic acids is 1. The first-order valence-electron chi connectivity index (χ1n) is 9.06. The Morgan fingerprint density at radius 2 is 1.68 bits per heavy atom. The first kappa shape index (κ1) is 16.6. The molecule has 1 aliphatic carbocycles. The van der Waals surface area contributed by atoms with E-state index in [1.54, 1.807) is 0 Å². The standard InChI is InChI=1S/C22H17NO5/c24-21(25)19-12-27-20-10-23(9-17(19)20)22(26)28-11-18-15-7-3-1-5-13(15)14-6-2-4-8-16(14)18/h1-8,12,18H,9-11H2,(H,24,25). The Morgan fingerprint density at radius 1 is 1.04 bits per heavy atom. The highest BCUT2D eigenvalue weighted by atomic mass is 16.6. The van der Waals surface area contributed by atoms with Gasteiger partial charge >= 0.3 is 12.1 Å². The molecular formula is C22H17NO5. The van der Waals surface area contributed by atoms with E-state index in [-0.39, 0.29) is 31.2 Å². The van der Waals surface area contributed by atoms with Crippen LogP contribution in [0.2, 0.25) is 0 Å². The van der Waals surface area contributed by atoms with Crippen LogP contribution in [0.5, 0.6) is 0 Å². The highest BCUT2D eigenvalue weighted by Crippen LogP contribution is 2.44. The second-order valence-corrected chi connectivity index (χ2v) is 7.02. The number of benzene rings is 2. The van der Waals surface area contributed by atoms with Crippen LogP contribution in [-0.2, 0) is 17.8 Å². The maximum absolute atomic E-state index is 12.6. The van der Waals surface area contributed by atoms with Crippen molar-refractivity contribution in [3.05, 3.63) is 82.8 Å². The van der Waals surface area contributed by atoms with E-state index in [1.807, 2.05) is 24.3 Å². The third kappa shape index (κ3) is 2.49. The summed E-state index contributed by atoms with van der Waals surface area (Å²) in [5, 5.41) is 9.20. The fraction of sp³-hybridized carbons (Fsp3) is 0.182. The van der Waals surface area contributed by atoms with Crippen molar-refractivity contribution in [3.8, 4) is 11.1 Å². The first-order valence-corrected chi connectivity index (χ1v) is 9.06. The summed E-state index contributed by atoms with van der Waals surface area (Å²) in [4.78, 5) is 25.3. The number of carbonyl (C=O) groups excluding carboxylic acids is 1. The summed E-state index contributed by atoms with van der Waals surface area (Å²) in [5.74, 6) is -0.560. The van der Waals surface area contributed by atoms with Crippen LogP contribution in [0.4, 0.5) is 4.79 Å². The van der Waals surface area contributed by atoms with Gasteiger partial charge in [0.25, 0.3) is 0 Å². The number of carboxylic acid groups (broad SMARTS) is 1. The Morgan fingerprint density at radius 3 is 2.32 bits per heavy atom. The van der Waals surface area contributed by atoms with Crippen molar-refractivity contribution in [2.24, 2.45) is 0 Å². The van der Waals surface area contributed by atoms with Crippen molar-refractivity contribution in [2.45, 2.75) is 19.0 Å². The topological polar surface area (TPSA) is 80.0 Å². The zero-order chi connectivity index (χ0) is 19.3. The van der Waals surface area contributed by atoms with Crippen molar-refractivity contribution in [2.75, 3.05) is 6.61 Å². The molecule has 0 saturated carbocycles. The maximum Gasteiger partial charge on any atom is 0.410 e. The van der Waals surface area contributed by atoms with Crippen LogP contribution in [0.3, 0.4) is 0 Å². The van der Waals surface area contributed by atoms with Crippen LogP contribution in [0, 0.1) is 0 Å². The molecule has 0 atom stereocenters. The third-order valence-corrected chi connectivity index (χ3v) is 5.49. The predicted octanol–water partition coefficient (Wildman–Crippen LogP) is 4.24. The summed E-state index contributed by atoms with van der Waals surface area (Å²) >= 11 is 0. The highest BCUT2D eigenvalue weighted by Gasteiger charge is 2.33. The normalized spacial score (nSPS) is 14.5. The lowest BCUT2D eigenvalue weighted by atomic mass is 9.98. The number of carbonyl (C=O) groups is 2. The molecular weight excluding hydrogens is 358 g/mol. The lowest BCUT2D eigenvalue weighted by Crippen LogP contribution is -2.28. The molecule has 0 radical (unpaired) electrons. The van der Waals surface area contributed by atoms with Gasteiger partial charge in [0.2, 0.25) is 0 Å². The van der Waals surface area contributed by atoms with E-state index in [9.17, 15) is 14.7 Å². The van der Waals surface area contributed by atoms with Crippen molar-refractivity contribution >= 4 is 12.1 Å². The van der Waals surface area contributed by atoms with Gasteiger partial charge in [-0.2, -0.15) is 0 Å². The summed E-state index contributed by atoms with van der Waals surface area (Å²) in [6.45, 7) is 0.639. The van der Waals surface area contributed by atoms with Crippen LogP contribution in [0.25, 0.3) is 11.1 Å². The Labute approximate surface area is 161 Å². The molecule has 0 unspecified atom stereocenters. The van der Waals surface area contributed by atoms with Gasteiger partial charge in [0.1, 0.15) is 24.2 Å². The molecule has 0 bridgehead atoms. The molecule has 5 rings (SSSR count). The first-order chi connectivity index (χ1) is 13.6. The lowest BCUT2D eigenvalue weighted by molar-refractivity contribution is 0.0691. The lowest BCUT2D eigenvalue weighted by Gasteiger charge is -2.19. The second-order valence-electron chi connectivity index (χ2n) is 7.02. The van der Waals surface area contributed by atoms with Crippen LogP contribution in [0.1, 0.15) is 38.7 Å². The van der Waals surface area contributed by atoms with Gasteiger partial charge in [-0.15, -0.1) is 0 Å². The van der Waals surface area contributed by atoms with Crippen molar-refractivity contribution < 1.29 is 23.8 Å². The Kier molecular flexibility index (Phi) is 3.72. The van der Waals surface area contributed by atoms with E-state index in [4.69, 9.17) is 9.15 Å². The molecule has 0 spiro atoms. The predicted molar refractivity (Wildman–Crippen MR) is 100.0 cm³/mol. The minimum Gasteiger partial charge on any atom is -0.478 e. The molecule has 1 N–H and O–H groups in total. The Bertz CT molecular complexity index is 1050. The summed E-state index contributed by atoms with van der Waals surface area (Å²) in [5.41, 5.74) is 5.29. The number of nitrogens with zero attached hydrogens (tertiary/aromatic N) is 1. The van der Waals surface area contributed by atoms with Crippen LogP contribution in [0.15, 0.2) is 59.2 Å². The van der Waals surface area contributed by atoms with Crippen molar-refractivity contribution in [1.29, 1.82) is 0 Å². The molecule has 1 aliphatic heterocycles. The summed E-state index contributed by atoms with van der Waals surface area (Å²) in [6, 6.07) is 16.3. The minimum absolute atomic E-state index is 0.00974. The molecule has 1 amide bonds. The molecule has 28 heavy (non-hydrogen) atoms. The number of hydrogen-bond acceptors (Lipinski definition) is 4. The van der Waals surface area contributed by atoms with Crippen molar-refractivity contribution in [3.63, 3.8) is 0 Å². The number of hydrogen-bond donors (Lipinski definition) is 1. The molecule has 140 valence electrons. The number of amides is 1. The summed E-state index contributed by atoms with van der Waals surface area (Å²) in [6.07, 6.45) is 0.756. The molecule has 3 aromatic rings. The van der Waals surface area contributed by atoms with E-state index in [0.717, 1.165) is 11.1 Å². The molecule has 2 aromatic carbocycles. The monoisotopic (exact) mass is 375 g/mol. The fourth-order valence-corrected chi connectivity index (χ4v) is 4.14. The van der Waals surface area contributed by atoms with E-state index >= 15 is 0 Å². The van der Waals surface area contributed by atoms with E-state index < -0.39 is 12.1 Å². The van der Waals surface area contributed by atoms with Crippen LogP contribution >= 0.6 is 0 Å². The van der Waals surface area contributed by atoms with Crippen molar-refractivity contribution in [1.82, 2.24) is 4.90 Å². The average Bonchev–Trinajstić information content (AvgIpc) is 3.37. The average molecular weight is 375 g/mol.